The minimum absolute atomic E-state index is 0.0833. The number of hydrogen-bond acceptors (Lipinski definition) is 3. The minimum Gasteiger partial charge on any atom is -0.505 e. The highest BCUT2D eigenvalue weighted by molar-refractivity contribution is 5.72. The van der Waals surface area contributed by atoms with Gasteiger partial charge in [0.05, 0.1) is 11.4 Å². The summed E-state index contributed by atoms with van der Waals surface area (Å²) in [5.74, 6) is 0.0833. The van der Waals surface area contributed by atoms with E-state index >= 15 is 0 Å². The van der Waals surface area contributed by atoms with E-state index in [2.05, 4.69) is 0 Å². The van der Waals surface area contributed by atoms with Crippen molar-refractivity contribution in [3.63, 3.8) is 0 Å². The number of rotatable bonds is 0. The van der Waals surface area contributed by atoms with E-state index in [1.807, 2.05) is 13.8 Å². The SMILES string of the molecule is CC.Cc1ccc(N)c(N)c1O. The second kappa shape index (κ2) is 4.49. The molecule has 3 nitrogen and oxygen atoms in total. The highest BCUT2D eigenvalue weighted by atomic mass is 16.3. The predicted molar refractivity (Wildman–Crippen MR) is 53.0 cm³/mol. The molecule has 0 amide bonds. The van der Waals surface area contributed by atoms with Gasteiger partial charge in [0.1, 0.15) is 5.75 Å². The van der Waals surface area contributed by atoms with Crippen LogP contribution in [0.25, 0.3) is 0 Å². The first kappa shape index (κ1) is 10.6. The lowest BCUT2D eigenvalue weighted by molar-refractivity contribution is 0.474. The van der Waals surface area contributed by atoms with Crippen molar-refractivity contribution in [1.29, 1.82) is 0 Å². The van der Waals surface area contributed by atoms with Crippen LogP contribution < -0.4 is 11.5 Å². The fourth-order valence-electron chi connectivity index (χ4n) is 0.733. The Hall–Kier alpha value is -1.38. The third-order valence-corrected chi connectivity index (χ3v) is 1.45. The van der Waals surface area contributed by atoms with Crippen molar-refractivity contribution in [2.24, 2.45) is 0 Å². The Morgan fingerprint density at radius 2 is 1.67 bits per heavy atom. The van der Waals surface area contributed by atoms with Crippen molar-refractivity contribution in [1.82, 2.24) is 0 Å². The van der Waals surface area contributed by atoms with Gasteiger partial charge in [0.2, 0.25) is 0 Å². The average Bonchev–Trinajstić information content (AvgIpc) is 2.12. The normalized spacial score (nSPS) is 8.58. The Morgan fingerprint density at radius 1 is 1.17 bits per heavy atom. The quantitative estimate of drug-likeness (QED) is 0.409. The zero-order valence-corrected chi connectivity index (χ0v) is 7.76. The van der Waals surface area contributed by atoms with E-state index in [1.54, 1.807) is 19.1 Å². The first-order valence-electron chi connectivity index (χ1n) is 3.96. The number of nitrogens with two attached hydrogens (primary N) is 2. The van der Waals surface area contributed by atoms with E-state index in [9.17, 15) is 5.11 Å². The molecule has 0 bridgehead atoms. The Labute approximate surface area is 73.0 Å². The number of benzene rings is 1. The molecule has 0 unspecified atom stereocenters. The zero-order valence-electron chi connectivity index (χ0n) is 7.76. The van der Waals surface area contributed by atoms with Crippen molar-refractivity contribution in [2.45, 2.75) is 20.8 Å². The summed E-state index contributed by atoms with van der Waals surface area (Å²) >= 11 is 0. The maximum absolute atomic E-state index is 9.18. The van der Waals surface area contributed by atoms with Crippen molar-refractivity contribution < 1.29 is 5.11 Å². The molecule has 0 fully saturated rings. The van der Waals surface area contributed by atoms with E-state index in [4.69, 9.17) is 11.5 Å². The van der Waals surface area contributed by atoms with Crippen LogP contribution in [0.4, 0.5) is 11.4 Å². The second-order valence-electron chi connectivity index (χ2n) is 2.23. The van der Waals surface area contributed by atoms with Gasteiger partial charge in [-0.1, -0.05) is 19.9 Å². The van der Waals surface area contributed by atoms with Gasteiger partial charge in [-0.05, 0) is 18.6 Å². The number of phenolic OH excluding ortho intramolecular Hbond substituents is 1. The Kier molecular flexibility index (Phi) is 3.97. The molecule has 0 aliphatic heterocycles. The van der Waals surface area contributed by atoms with Gasteiger partial charge in [0, 0.05) is 0 Å². The molecule has 0 aromatic heterocycles. The maximum atomic E-state index is 9.18. The molecule has 0 atom stereocenters. The van der Waals surface area contributed by atoms with Crippen molar-refractivity contribution in [3.8, 4) is 5.75 Å². The summed E-state index contributed by atoms with van der Waals surface area (Å²) in [4.78, 5) is 0. The molecule has 1 aromatic rings. The zero-order chi connectivity index (χ0) is 9.72. The molecule has 12 heavy (non-hydrogen) atoms. The van der Waals surface area contributed by atoms with Gasteiger partial charge in [-0.3, -0.25) is 0 Å². The predicted octanol–water partition coefficient (Wildman–Crippen LogP) is 1.89. The summed E-state index contributed by atoms with van der Waals surface area (Å²) in [7, 11) is 0. The van der Waals surface area contributed by atoms with E-state index in [0.717, 1.165) is 5.56 Å². The van der Waals surface area contributed by atoms with E-state index in [-0.39, 0.29) is 11.4 Å². The number of phenols is 1. The lowest BCUT2D eigenvalue weighted by Gasteiger charge is -2.04. The standard InChI is InChI=1S/C7H10N2O.C2H6/c1-4-2-3-5(8)6(9)7(4)10;1-2/h2-3,10H,8-9H2,1H3;1-2H3. The third kappa shape index (κ3) is 2.05. The summed E-state index contributed by atoms with van der Waals surface area (Å²) in [5, 5.41) is 9.18. The van der Waals surface area contributed by atoms with Crippen molar-refractivity contribution in [3.05, 3.63) is 17.7 Å². The average molecular weight is 168 g/mol. The number of aryl methyl sites for hydroxylation is 1. The summed E-state index contributed by atoms with van der Waals surface area (Å²) in [6, 6.07) is 3.39. The van der Waals surface area contributed by atoms with E-state index in [1.165, 1.54) is 0 Å². The Bertz CT molecular complexity index is 232. The van der Waals surface area contributed by atoms with Gasteiger partial charge in [0.15, 0.2) is 0 Å². The smallest absolute Gasteiger partial charge is 0.143 e. The molecule has 1 rings (SSSR count). The topological polar surface area (TPSA) is 72.3 Å². The highest BCUT2D eigenvalue weighted by Crippen LogP contribution is 2.28. The summed E-state index contributed by atoms with van der Waals surface area (Å²) < 4.78 is 0. The highest BCUT2D eigenvalue weighted by Gasteiger charge is 2.02. The van der Waals surface area contributed by atoms with Crippen LogP contribution >= 0.6 is 0 Å². The molecule has 5 N–H and O–H groups in total. The molecule has 68 valence electrons. The molecule has 0 aliphatic carbocycles. The summed E-state index contributed by atoms with van der Waals surface area (Å²) in [6.07, 6.45) is 0. The van der Waals surface area contributed by atoms with Crippen LogP contribution in [0.5, 0.6) is 5.75 Å². The molecular formula is C9H16N2O. The van der Waals surface area contributed by atoms with Gasteiger partial charge >= 0.3 is 0 Å². The first-order valence-corrected chi connectivity index (χ1v) is 3.96. The molecular weight excluding hydrogens is 152 g/mol. The van der Waals surface area contributed by atoms with Crippen LogP contribution in [0.2, 0.25) is 0 Å². The molecule has 0 spiro atoms. The molecule has 0 saturated carbocycles. The van der Waals surface area contributed by atoms with E-state index < -0.39 is 0 Å². The van der Waals surface area contributed by atoms with Crippen LogP contribution in [0.3, 0.4) is 0 Å². The Morgan fingerprint density at radius 3 is 2.08 bits per heavy atom. The fraction of sp³-hybridized carbons (Fsp3) is 0.333. The molecule has 0 radical (unpaired) electrons. The van der Waals surface area contributed by atoms with Gasteiger partial charge in [-0.15, -0.1) is 0 Å². The molecule has 0 heterocycles. The molecule has 3 heteroatoms. The van der Waals surface area contributed by atoms with Gasteiger partial charge in [-0.25, -0.2) is 0 Å². The van der Waals surface area contributed by atoms with Gasteiger partial charge in [0.25, 0.3) is 0 Å². The summed E-state index contributed by atoms with van der Waals surface area (Å²) in [6.45, 7) is 5.77. The first-order chi connectivity index (χ1) is 5.63. The third-order valence-electron chi connectivity index (χ3n) is 1.45. The monoisotopic (exact) mass is 168 g/mol. The number of nitrogen functional groups attached to an aromatic ring is 2. The van der Waals surface area contributed by atoms with E-state index in [0.29, 0.717) is 5.69 Å². The van der Waals surface area contributed by atoms with Gasteiger partial charge < -0.3 is 16.6 Å². The Balaban J connectivity index is 0.000000561. The fourth-order valence-corrected chi connectivity index (χ4v) is 0.733. The molecule has 1 aromatic carbocycles. The van der Waals surface area contributed by atoms with Crippen LogP contribution in [0, 0.1) is 6.92 Å². The maximum Gasteiger partial charge on any atom is 0.143 e. The number of aromatic hydroxyl groups is 1. The molecule has 0 saturated heterocycles. The largest absolute Gasteiger partial charge is 0.505 e. The van der Waals surface area contributed by atoms with Gasteiger partial charge in [-0.2, -0.15) is 0 Å². The minimum atomic E-state index is 0.0833. The number of hydrogen-bond donors (Lipinski definition) is 3. The van der Waals surface area contributed by atoms with Crippen LogP contribution in [0.1, 0.15) is 19.4 Å². The van der Waals surface area contributed by atoms with Crippen molar-refractivity contribution in [2.75, 3.05) is 11.5 Å². The lowest BCUT2D eigenvalue weighted by atomic mass is 10.2. The summed E-state index contributed by atoms with van der Waals surface area (Å²) in [5.41, 5.74) is 12.2. The lowest BCUT2D eigenvalue weighted by Crippen LogP contribution is -1.95. The van der Waals surface area contributed by atoms with Crippen LogP contribution in [0.15, 0.2) is 12.1 Å². The van der Waals surface area contributed by atoms with Crippen molar-refractivity contribution >= 4 is 11.4 Å². The van der Waals surface area contributed by atoms with Crippen LogP contribution in [-0.2, 0) is 0 Å². The second-order valence-corrected chi connectivity index (χ2v) is 2.23. The van der Waals surface area contributed by atoms with Crippen LogP contribution in [-0.4, -0.2) is 5.11 Å². The number of anilines is 2. The molecule has 0 aliphatic rings.